The van der Waals surface area contributed by atoms with Crippen LogP contribution in [-0.4, -0.2) is 67.3 Å². The lowest BCUT2D eigenvalue weighted by molar-refractivity contribution is -0.150. The van der Waals surface area contributed by atoms with Crippen molar-refractivity contribution in [3.05, 3.63) is 59.7 Å². The number of nitrogens with zero attached hydrogens (tertiary/aromatic N) is 1. The van der Waals surface area contributed by atoms with E-state index in [0.29, 0.717) is 32.7 Å². The molecule has 1 amide bonds. The van der Waals surface area contributed by atoms with Gasteiger partial charge in [-0.15, -0.1) is 0 Å². The molecule has 6 nitrogen and oxygen atoms in total. The van der Waals surface area contributed by atoms with Crippen LogP contribution in [0.4, 0.5) is 4.79 Å². The molecule has 2 aliphatic heterocycles. The number of hydrogen-bond acceptors (Lipinski definition) is 5. The maximum absolute atomic E-state index is 13.1. The van der Waals surface area contributed by atoms with E-state index in [2.05, 4.69) is 24.3 Å². The van der Waals surface area contributed by atoms with E-state index in [1.54, 1.807) is 12.0 Å². The van der Waals surface area contributed by atoms with Crippen LogP contribution in [0.1, 0.15) is 29.9 Å². The van der Waals surface area contributed by atoms with Crippen molar-refractivity contribution in [1.29, 1.82) is 0 Å². The van der Waals surface area contributed by atoms with Gasteiger partial charge in [-0.25, -0.2) is 4.79 Å². The van der Waals surface area contributed by atoms with Crippen molar-refractivity contribution in [3.8, 4) is 11.1 Å². The van der Waals surface area contributed by atoms with Gasteiger partial charge in [0.05, 0.1) is 37.5 Å². The van der Waals surface area contributed by atoms with Gasteiger partial charge in [-0.2, -0.15) is 0 Å². The third-order valence-corrected chi connectivity index (χ3v) is 6.60. The van der Waals surface area contributed by atoms with Crippen molar-refractivity contribution in [2.24, 2.45) is 0 Å². The molecule has 0 saturated carbocycles. The van der Waals surface area contributed by atoms with Crippen molar-refractivity contribution in [1.82, 2.24) is 4.90 Å². The molecule has 0 spiro atoms. The van der Waals surface area contributed by atoms with Gasteiger partial charge in [0.1, 0.15) is 6.61 Å². The Labute approximate surface area is 176 Å². The number of morpholine rings is 1. The molecule has 2 atom stereocenters. The normalized spacial score (nSPS) is 27.5. The summed E-state index contributed by atoms with van der Waals surface area (Å²) < 4.78 is 16.7. The van der Waals surface area contributed by atoms with Gasteiger partial charge in [0, 0.05) is 25.9 Å². The number of amides is 1. The van der Waals surface area contributed by atoms with Gasteiger partial charge in [-0.05, 0) is 22.3 Å². The summed E-state index contributed by atoms with van der Waals surface area (Å²) in [6.07, 6.45) is 0.540. The van der Waals surface area contributed by atoms with Crippen LogP contribution in [-0.2, 0) is 14.2 Å². The predicted octanol–water partition coefficient (Wildman–Crippen LogP) is 3.18. The summed E-state index contributed by atoms with van der Waals surface area (Å²) in [6, 6.07) is 16.2. The van der Waals surface area contributed by atoms with Gasteiger partial charge in [0.15, 0.2) is 0 Å². The Hall–Kier alpha value is -2.41. The van der Waals surface area contributed by atoms with Crippen molar-refractivity contribution >= 4 is 6.09 Å². The van der Waals surface area contributed by atoms with Gasteiger partial charge >= 0.3 is 6.09 Å². The lowest BCUT2D eigenvalue weighted by Gasteiger charge is -2.50. The molecule has 158 valence electrons. The maximum Gasteiger partial charge on any atom is 0.410 e. The Morgan fingerprint density at radius 2 is 1.63 bits per heavy atom. The number of carbonyl (C=O) groups excluding carboxylic acids is 1. The lowest BCUT2D eigenvalue weighted by atomic mass is 9.82. The average Bonchev–Trinajstić information content (AvgIpc) is 3.05. The maximum atomic E-state index is 13.1. The molecule has 6 heteroatoms. The molecule has 2 fully saturated rings. The molecule has 2 heterocycles. The molecule has 2 aromatic rings. The number of hydrogen-bond donors (Lipinski definition) is 1. The van der Waals surface area contributed by atoms with Crippen LogP contribution in [0.3, 0.4) is 0 Å². The second kappa shape index (κ2) is 7.69. The smallest absolute Gasteiger partial charge is 0.410 e. The summed E-state index contributed by atoms with van der Waals surface area (Å²) in [5.41, 5.74) is 3.89. The first-order valence-electron chi connectivity index (χ1n) is 10.5. The topological polar surface area (TPSA) is 68.2 Å². The Morgan fingerprint density at radius 1 is 1.07 bits per heavy atom. The minimum atomic E-state index is -0.923. The number of rotatable bonds is 4. The molecule has 2 saturated heterocycles. The molecule has 2 aromatic carbocycles. The Kier molecular flexibility index (Phi) is 5.01. The first-order valence-corrected chi connectivity index (χ1v) is 10.5. The van der Waals surface area contributed by atoms with E-state index in [9.17, 15) is 9.90 Å². The lowest BCUT2D eigenvalue weighted by Crippen LogP contribution is -2.64. The summed E-state index contributed by atoms with van der Waals surface area (Å²) in [4.78, 5) is 14.9. The van der Waals surface area contributed by atoms with Gasteiger partial charge in [-0.1, -0.05) is 48.5 Å². The quantitative estimate of drug-likeness (QED) is 0.840. The van der Waals surface area contributed by atoms with Crippen molar-refractivity contribution in [2.45, 2.75) is 36.4 Å². The number of aliphatic hydroxyl groups is 1. The van der Waals surface area contributed by atoms with Gasteiger partial charge < -0.3 is 19.3 Å². The molecule has 2 bridgehead atoms. The van der Waals surface area contributed by atoms with E-state index in [1.807, 2.05) is 24.3 Å². The number of ether oxygens (including phenoxy) is 3. The summed E-state index contributed by atoms with van der Waals surface area (Å²) in [7, 11) is 1.59. The van der Waals surface area contributed by atoms with E-state index in [-0.39, 0.29) is 30.7 Å². The van der Waals surface area contributed by atoms with E-state index in [4.69, 9.17) is 14.2 Å². The third-order valence-electron chi connectivity index (χ3n) is 6.60. The zero-order valence-corrected chi connectivity index (χ0v) is 17.1. The molecule has 3 aliphatic rings. The minimum absolute atomic E-state index is 0.0349. The van der Waals surface area contributed by atoms with Crippen molar-refractivity contribution < 1.29 is 24.1 Å². The molecular formula is C24H27NO5. The standard InChI is InChI=1S/C24H27NO5/c1-28-15-24(27)10-16-12-29-13-17(11-24)25(16)23(26)30-14-22-20-8-4-2-6-18(20)19-7-3-5-9-21(19)22/h2-9,16-17,22,27H,10-15H2,1H3. The van der Waals surface area contributed by atoms with Crippen molar-refractivity contribution in [3.63, 3.8) is 0 Å². The molecule has 0 aromatic heterocycles. The molecule has 1 aliphatic carbocycles. The highest BCUT2D eigenvalue weighted by Gasteiger charge is 2.48. The minimum Gasteiger partial charge on any atom is -0.448 e. The highest BCUT2D eigenvalue weighted by molar-refractivity contribution is 5.79. The number of piperidine rings is 1. The molecule has 5 rings (SSSR count). The van der Waals surface area contributed by atoms with Gasteiger partial charge in [-0.3, -0.25) is 4.90 Å². The predicted molar refractivity (Wildman–Crippen MR) is 111 cm³/mol. The second-order valence-electron chi connectivity index (χ2n) is 8.62. The average molecular weight is 409 g/mol. The fraction of sp³-hybridized carbons (Fsp3) is 0.458. The SMILES string of the molecule is COCC1(O)CC2COCC(C1)N2C(=O)OCC1c2ccccc2-c2ccccc21. The highest BCUT2D eigenvalue weighted by Crippen LogP contribution is 2.44. The largest absolute Gasteiger partial charge is 0.448 e. The number of benzene rings is 2. The second-order valence-corrected chi connectivity index (χ2v) is 8.62. The van der Waals surface area contributed by atoms with Crippen LogP contribution in [0.25, 0.3) is 11.1 Å². The Balaban J connectivity index is 1.32. The molecular weight excluding hydrogens is 382 g/mol. The molecule has 0 radical (unpaired) electrons. The molecule has 2 unspecified atom stereocenters. The first-order chi connectivity index (χ1) is 14.6. The van der Waals surface area contributed by atoms with Crippen LogP contribution < -0.4 is 0 Å². The van der Waals surface area contributed by atoms with E-state index in [1.165, 1.54) is 22.3 Å². The summed E-state index contributed by atoms with van der Waals surface area (Å²) >= 11 is 0. The number of fused-ring (bicyclic) bond motifs is 5. The van der Waals surface area contributed by atoms with Gasteiger partial charge in [0.25, 0.3) is 0 Å². The van der Waals surface area contributed by atoms with E-state index >= 15 is 0 Å². The summed E-state index contributed by atoms with van der Waals surface area (Å²) in [5.74, 6) is 0.0349. The monoisotopic (exact) mass is 409 g/mol. The fourth-order valence-electron chi connectivity index (χ4n) is 5.43. The van der Waals surface area contributed by atoms with Gasteiger partial charge in [0.2, 0.25) is 0 Å². The van der Waals surface area contributed by atoms with Crippen LogP contribution in [0.15, 0.2) is 48.5 Å². The van der Waals surface area contributed by atoms with Crippen molar-refractivity contribution in [2.75, 3.05) is 33.5 Å². The number of carbonyl (C=O) groups is 1. The first kappa shape index (κ1) is 19.5. The molecule has 30 heavy (non-hydrogen) atoms. The Bertz CT molecular complexity index is 885. The van der Waals surface area contributed by atoms with Crippen LogP contribution in [0.5, 0.6) is 0 Å². The molecule has 1 N–H and O–H groups in total. The summed E-state index contributed by atoms with van der Waals surface area (Å²) in [5, 5.41) is 10.8. The van der Waals surface area contributed by atoms with Crippen LogP contribution in [0.2, 0.25) is 0 Å². The number of methoxy groups -OCH3 is 1. The third kappa shape index (κ3) is 3.29. The van der Waals surface area contributed by atoms with Crippen LogP contribution >= 0.6 is 0 Å². The van der Waals surface area contributed by atoms with E-state index in [0.717, 1.165) is 0 Å². The highest BCUT2D eigenvalue weighted by atomic mass is 16.6. The fourth-order valence-corrected chi connectivity index (χ4v) is 5.43. The zero-order chi connectivity index (χ0) is 20.7. The Morgan fingerprint density at radius 3 is 2.20 bits per heavy atom. The summed E-state index contributed by atoms with van der Waals surface area (Å²) in [6.45, 7) is 1.38. The van der Waals surface area contributed by atoms with E-state index < -0.39 is 5.60 Å². The van der Waals surface area contributed by atoms with Crippen LogP contribution in [0, 0.1) is 0 Å². The zero-order valence-electron chi connectivity index (χ0n) is 17.1.